The lowest BCUT2D eigenvalue weighted by Crippen LogP contribution is -2.46. The van der Waals surface area contributed by atoms with Gasteiger partial charge in [-0.1, -0.05) is 38.1 Å². The first-order valence-corrected chi connectivity index (χ1v) is 8.58. The van der Waals surface area contributed by atoms with Crippen molar-refractivity contribution in [1.82, 2.24) is 4.90 Å². The second-order valence-electron chi connectivity index (χ2n) is 8.22. The Balaban J connectivity index is 1.96. The molecule has 1 aromatic carbocycles. The fraction of sp³-hybridized carbons (Fsp3) is 0.476. The minimum Gasteiger partial charge on any atom is -0.497 e. The van der Waals surface area contributed by atoms with E-state index in [0.717, 1.165) is 24.3 Å². The minimum atomic E-state index is -0.105. The molecule has 0 aromatic heterocycles. The molecule has 0 bridgehead atoms. The van der Waals surface area contributed by atoms with Crippen LogP contribution in [0.3, 0.4) is 0 Å². The normalized spacial score (nSPS) is 21.7. The van der Waals surface area contributed by atoms with E-state index in [1.165, 1.54) is 11.3 Å². The molecular weight excluding hydrogens is 298 g/mol. The molecule has 0 atom stereocenters. The second-order valence-corrected chi connectivity index (χ2v) is 8.22. The summed E-state index contributed by atoms with van der Waals surface area (Å²) in [4.78, 5) is 15.0. The second kappa shape index (κ2) is 5.80. The number of allylic oxidation sites excluding steroid dienone is 3. The van der Waals surface area contributed by atoms with Gasteiger partial charge in [0, 0.05) is 24.2 Å². The molecule has 3 heteroatoms. The van der Waals surface area contributed by atoms with Crippen LogP contribution in [0.15, 0.2) is 47.7 Å². The Hall–Kier alpha value is -2.03. The van der Waals surface area contributed by atoms with Crippen molar-refractivity contribution in [3.05, 3.63) is 53.3 Å². The molecule has 1 aliphatic heterocycles. The molecule has 0 radical (unpaired) electrons. The maximum Gasteiger partial charge on any atom is 0.165 e. The molecule has 128 valence electrons. The molecule has 1 heterocycles. The van der Waals surface area contributed by atoms with Crippen molar-refractivity contribution in [3.8, 4) is 5.75 Å². The predicted molar refractivity (Wildman–Crippen MR) is 96.8 cm³/mol. The van der Waals surface area contributed by atoms with Gasteiger partial charge in [0.05, 0.1) is 12.6 Å². The Labute approximate surface area is 145 Å². The van der Waals surface area contributed by atoms with E-state index >= 15 is 0 Å². The molecule has 1 aliphatic carbocycles. The van der Waals surface area contributed by atoms with Crippen LogP contribution in [-0.2, 0) is 11.3 Å². The van der Waals surface area contributed by atoms with Crippen LogP contribution in [0.5, 0.6) is 5.75 Å². The van der Waals surface area contributed by atoms with Crippen molar-refractivity contribution in [3.63, 3.8) is 0 Å². The van der Waals surface area contributed by atoms with Gasteiger partial charge in [-0.2, -0.15) is 0 Å². The Kier molecular flexibility index (Phi) is 4.06. The van der Waals surface area contributed by atoms with Crippen LogP contribution in [0.25, 0.3) is 0 Å². The molecule has 0 N–H and O–H groups in total. The van der Waals surface area contributed by atoms with E-state index < -0.39 is 0 Å². The first-order chi connectivity index (χ1) is 11.2. The summed E-state index contributed by atoms with van der Waals surface area (Å²) in [7, 11) is 1.68. The Morgan fingerprint density at radius 1 is 1.08 bits per heavy atom. The van der Waals surface area contributed by atoms with Crippen LogP contribution in [0.2, 0.25) is 0 Å². The minimum absolute atomic E-state index is 0.0231. The van der Waals surface area contributed by atoms with Crippen LogP contribution in [0.4, 0.5) is 0 Å². The molecule has 2 aliphatic rings. The fourth-order valence-corrected chi connectivity index (χ4v) is 3.67. The molecule has 0 unspecified atom stereocenters. The lowest BCUT2D eigenvalue weighted by molar-refractivity contribution is -0.118. The smallest absolute Gasteiger partial charge is 0.165 e. The highest BCUT2D eigenvalue weighted by Crippen LogP contribution is 2.43. The zero-order valence-corrected chi connectivity index (χ0v) is 15.3. The zero-order valence-electron chi connectivity index (χ0n) is 15.3. The van der Waals surface area contributed by atoms with E-state index in [4.69, 9.17) is 4.74 Å². The first kappa shape index (κ1) is 16.8. The number of hydrogen-bond acceptors (Lipinski definition) is 3. The van der Waals surface area contributed by atoms with Crippen LogP contribution in [0.1, 0.15) is 46.1 Å². The summed E-state index contributed by atoms with van der Waals surface area (Å²) >= 11 is 0. The number of ketones is 1. The molecule has 0 saturated heterocycles. The highest BCUT2D eigenvalue weighted by atomic mass is 16.5. The third kappa shape index (κ3) is 3.12. The van der Waals surface area contributed by atoms with Gasteiger partial charge >= 0.3 is 0 Å². The summed E-state index contributed by atoms with van der Waals surface area (Å²) in [5.74, 6) is 1.14. The van der Waals surface area contributed by atoms with Crippen molar-refractivity contribution in [1.29, 1.82) is 0 Å². The number of Topliss-reactive ketones (excluding diaryl/α,β-unsaturated/α-hetero) is 1. The highest BCUT2D eigenvalue weighted by Gasteiger charge is 2.39. The predicted octanol–water partition coefficient (Wildman–Crippen LogP) is 4.49. The molecule has 24 heavy (non-hydrogen) atoms. The number of rotatable bonds is 3. The van der Waals surface area contributed by atoms with E-state index in [9.17, 15) is 4.79 Å². The third-order valence-corrected chi connectivity index (χ3v) is 5.08. The summed E-state index contributed by atoms with van der Waals surface area (Å²) in [6.45, 7) is 9.59. The number of methoxy groups -OCH3 is 1. The van der Waals surface area contributed by atoms with Crippen molar-refractivity contribution in [2.24, 2.45) is 5.41 Å². The van der Waals surface area contributed by atoms with Gasteiger partial charge in [0.15, 0.2) is 5.78 Å². The molecule has 3 rings (SSSR count). The van der Waals surface area contributed by atoms with Crippen molar-refractivity contribution < 1.29 is 9.53 Å². The monoisotopic (exact) mass is 325 g/mol. The molecular formula is C21H27NO2. The highest BCUT2D eigenvalue weighted by molar-refractivity contribution is 6.00. The van der Waals surface area contributed by atoms with Crippen LogP contribution in [-0.4, -0.2) is 23.3 Å². The third-order valence-electron chi connectivity index (χ3n) is 5.08. The number of carbonyl (C=O) groups is 1. The number of carbonyl (C=O) groups excluding carboxylic acids is 1. The van der Waals surface area contributed by atoms with E-state index in [0.29, 0.717) is 6.42 Å². The van der Waals surface area contributed by atoms with Gasteiger partial charge in [-0.15, -0.1) is 0 Å². The number of ether oxygens (including phenoxy) is 1. The van der Waals surface area contributed by atoms with Gasteiger partial charge in [0.25, 0.3) is 0 Å². The van der Waals surface area contributed by atoms with Crippen molar-refractivity contribution in [2.45, 2.75) is 52.6 Å². The van der Waals surface area contributed by atoms with Gasteiger partial charge in [-0.05, 0) is 43.4 Å². The molecule has 0 amide bonds. The maximum absolute atomic E-state index is 12.6. The van der Waals surface area contributed by atoms with Gasteiger partial charge in [-0.3, -0.25) is 4.79 Å². The maximum atomic E-state index is 12.6. The van der Waals surface area contributed by atoms with Gasteiger partial charge in [-0.25, -0.2) is 0 Å². The average Bonchev–Trinajstić information content (AvgIpc) is 2.50. The molecule has 0 saturated carbocycles. The Bertz CT molecular complexity index is 708. The largest absolute Gasteiger partial charge is 0.497 e. The van der Waals surface area contributed by atoms with Gasteiger partial charge in [0.2, 0.25) is 0 Å². The Morgan fingerprint density at radius 3 is 2.38 bits per heavy atom. The summed E-state index contributed by atoms with van der Waals surface area (Å²) in [5, 5.41) is 0. The van der Waals surface area contributed by atoms with Crippen LogP contribution in [0, 0.1) is 5.41 Å². The van der Waals surface area contributed by atoms with E-state index in [-0.39, 0.29) is 16.7 Å². The lowest BCUT2D eigenvalue weighted by atomic mass is 9.73. The SMILES string of the molecule is COc1ccc(CN2C3=C(C=CC2(C)C)C(=O)CC(C)(C)C3)cc1. The van der Waals surface area contributed by atoms with E-state index in [2.05, 4.69) is 50.8 Å². The number of hydrogen-bond donors (Lipinski definition) is 0. The van der Waals surface area contributed by atoms with Gasteiger partial charge in [0.1, 0.15) is 5.75 Å². The topological polar surface area (TPSA) is 29.5 Å². The van der Waals surface area contributed by atoms with Crippen LogP contribution >= 0.6 is 0 Å². The summed E-state index contributed by atoms with van der Waals surface area (Å²) < 4.78 is 5.25. The standard InChI is InChI=1S/C21H27NO2/c1-20(2)12-18-17(19(23)13-20)10-11-21(3,4)22(18)14-15-6-8-16(24-5)9-7-15/h6-11H,12-14H2,1-5H3. The average molecular weight is 325 g/mol. The molecule has 3 nitrogen and oxygen atoms in total. The summed E-state index contributed by atoms with van der Waals surface area (Å²) in [6, 6.07) is 8.19. The molecule has 1 aromatic rings. The van der Waals surface area contributed by atoms with Crippen molar-refractivity contribution in [2.75, 3.05) is 7.11 Å². The van der Waals surface area contributed by atoms with Crippen molar-refractivity contribution >= 4 is 5.78 Å². The van der Waals surface area contributed by atoms with Crippen LogP contribution < -0.4 is 4.74 Å². The van der Waals surface area contributed by atoms with E-state index in [1.54, 1.807) is 7.11 Å². The summed E-state index contributed by atoms with van der Waals surface area (Å²) in [5.41, 5.74) is 3.24. The number of benzene rings is 1. The summed E-state index contributed by atoms with van der Waals surface area (Å²) in [6.07, 6.45) is 5.77. The molecule has 0 spiro atoms. The lowest BCUT2D eigenvalue weighted by Gasteiger charge is -2.47. The first-order valence-electron chi connectivity index (χ1n) is 8.58. The Morgan fingerprint density at radius 2 is 1.75 bits per heavy atom. The zero-order chi connectivity index (χ0) is 17.5. The molecule has 0 fully saturated rings. The number of nitrogens with zero attached hydrogens (tertiary/aromatic N) is 1. The van der Waals surface area contributed by atoms with E-state index in [1.807, 2.05) is 18.2 Å². The van der Waals surface area contributed by atoms with Gasteiger partial charge < -0.3 is 9.64 Å². The quantitative estimate of drug-likeness (QED) is 0.820. The fourth-order valence-electron chi connectivity index (χ4n) is 3.67.